The summed E-state index contributed by atoms with van der Waals surface area (Å²) in [4.78, 5) is 24.9. The molecule has 13 heteroatoms. The molecule has 1 atom stereocenters. The number of hydrogen-bond acceptors (Lipinski definition) is 9. The van der Waals surface area contributed by atoms with Crippen LogP contribution in [0.4, 0.5) is 47.8 Å². The van der Waals surface area contributed by atoms with Gasteiger partial charge in [-0.1, -0.05) is 12.6 Å². The third-order valence-electron chi connectivity index (χ3n) is 5.51. The first-order valence-corrected chi connectivity index (χ1v) is 11.3. The summed E-state index contributed by atoms with van der Waals surface area (Å²) in [6, 6.07) is 10.0. The van der Waals surface area contributed by atoms with Gasteiger partial charge in [-0.15, -0.1) is 0 Å². The van der Waals surface area contributed by atoms with E-state index in [4.69, 9.17) is 4.74 Å². The van der Waals surface area contributed by atoms with Crippen molar-refractivity contribution in [3.63, 3.8) is 0 Å². The van der Waals surface area contributed by atoms with Crippen molar-refractivity contribution in [1.29, 1.82) is 0 Å². The molecule has 10 nitrogen and oxygen atoms in total. The van der Waals surface area contributed by atoms with Gasteiger partial charge in [0, 0.05) is 36.7 Å². The monoisotopic (exact) mass is 514 g/mol. The largest absolute Gasteiger partial charge is 0.479 e. The summed E-state index contributed by atoms with van der Waals surface area (Å²) in [5, 5.41) is 11.7. The summed E-state index contributed by atoms with van der Waals surface area (Å²) in [6.45, 7) is 4.80. The molecule has 37 heavy (non-hydrogen) atoms. The molecule has 0 spiro atoms. The van der Waals surface area contributed by atoms with Crippen molar-refractivity contribution in [1.82, 2.24) is 19.9 Å². The molecule has 1 saturated heterocycles. The van der Waals surface area contributed by atoms with Crippen LogP contribution in [0.5, 0.6) is 5.88 Å². The van der Waals surface area contributed by atoms with E-state index in [0.717, 1.165) is 12.8 Å². The molecular weight excluding hydrogens is 489 g/mol. The number of rotatable bonds is 10. The van der Waals surface area contributed by atoms with Gasteiger partial charge >= 0.3 is 6.18 Å². The van der Waals surface area contributed by atoms with Crippen molar-refractivity contribution in [2.75, 3.05) is 41.5 Å². The fraction of sp³-hybridized carbons (Fsp3) is 0.250. The molecule has 4 rings (SSSR count). The van der Waals surface area contributed by atoms with Gasteiger partial charge in [-0.25, -0.2) is 4.98 Å². The number of carbonyl (C=O) groups excluding carboxylic acids is 1. The van der Waals surface area contributed by atoms with Gasteiger partial charge in [0.05, 0.1) is 7.11 Å². The number of aromatic nitrogens is 3. The molecule has 4 N–H and O–H groups in total. The molecule has 0 radical (unpaired) electrons. The smallest absolute Gasteiger partial charge is 0.421 e. The molecule has 1 unspecified atom stereocenters. The average Bonchev–Trinajstić information content (AvgIpc) is 3.32. The maximum Gasteiger partial charge on any atom is 0.421 e. The van der Waals surface area contributed by atoms with Crippen LogP contribution in [0.3, 0.4) is 0 Å². The van der Waals surface area contributed by atoms with Crippen LogP contribution in [0.15, 0.2) is 55.4 Å². The number of pyridine rings is 1. The van der Waals surface area contributed by atoms with E-state index >= 15 is 0 Å². The van der Waals surface area contributed by atoms with E-state index in [1.165, 1.54) is 13.3 Å². The molecule has 1 aliphatic rings. The van der Waals surface area contributed by atoms with Crippen LogP contribution in [0.1, 0.15) is 12.0 Å². The second-order valence-corrected chi connectivity index (χ2v) is 8.12. The lowest BCUT2D eigenvalue weighted by molar-refractivity contribution is -0.137. The van der Waals surface area contributed by atoms with E-state index in [9.17, 15) is 18.0 Å². The van der Waals surface area contributed by atoms with Crippen molar-refractivity contribution in [3.05, 3.63) is 60.9 Å². The highest BCUT2D eigenvalue weighted by Crippen LogP contribution is 2.36. The van der Waals surface area contributed by atoms with Gasteiger partial charge in [0.1, 0.15) is 22.9 Å². The summed E-state index contributed by atoms with van der Waals surface area (Å²) in [5.41, 5.74) is 0.362. The number of nitrogens with zero attached hydrogens (tertiary/aromatic N) is 4. The van der Waals surface area contributed by atoms with Crippen molar-refractivity contribution < 1.29 is 22.7 Å². The zero-order valence-electron chi connectivity index (χ0n) is 19.8. The Hall–Kier alpha value is -4.55. The summed E-state index contributed by atoms with van der Waals surface area (Å²) < 4.78 is 46.3. The molecule has 1 aliphatic heterocycles. The first kappa shape index (κ1) is 25.5. The van der Waals surface area contributed by atoms with Crippen LogP contribution in [-0.4, -0.2) is 52.5 Å². The maximum atomic E-state index is 13.7. The number of carbonyl (C=O) groups is 1. The van der Waals surface area contributed by atoms with Crippen molar-refractivity contribution in [3.8, 4) is 5.88 Å². The third-order valence-corrected chi connectivity index (χ3v) is 5.51. The zero-order chi connectivity index (χ0) is 26.4. The molecule has 194 valence electrons. The van der Waals surface area contributed by atoms with Crippen LogP contribution in [0.2, 0.25) is 0 Å². The van der Waals surface area contributed by atoms with E-state index < -0.39 is 17.6 Å². The zero-order valence-corrected chi connectivity index (χ0v) is 19.8. The quantitative estimate of drug-likeness (QED) is 0.288. The maximum absolute atomic E-state index is 13.7. The molecule has 0 saturated carbocycles. The van der Waals surface area contributed by atoms with Gasteiger partial charge < -0.3 is 30.9 Å². The molecule has 1 amide bonds. The summed E-state index contributed by atoms with van der Waals surface area (Å²) in [5.74, 6) is 0.210. The predicted octanol–water partition coefficient (Wildman–Crippen LogP) is 4.58. The Balaban J connectivity index is 1.56. The molecule has 0 bridgehead atoms. The van der Waals surface area contributed by atoms with E-state index in [2.05, 4.69) is 42.8 Å². The van der Waals surface area contributed by atoms with Gasteiger partial charge in [-0.2, -0.15) is 23.1 Å². The Labute approximate surface area is 211 Å². The van der Waals surface area contributed by atoms with E-state index in [1.807, 2.05) is 0 Å². The van der Waals surface area contributed by atoms with Crippen molar-refractivity contribution in [2.45, 2.75) is 18.6 Å². The minimum absolute atomic E-state index is 0.0493. The molecule has 0 aliphatic carbocycles. The second kappa shape index (κ2) is 11.0. The number of ether oxygens (including phenoxy) is 1. The number of methoxy groups -OCH3 is 1. The SMILES string of the molecule is C=CNc1cccc(Nc2nc(Nc3ccc(NC4CCN(C=O)C4)nc3OC)ncc2C(F)(F)F)c1. The number of hydrogen-bond donors (Lipinski definition) is 4. The van der Waals surface area contributed by atoms with Crippen LogP contribution in [0, 0.1) is 0 Å². The number of halogens is 3. The van der Waals surface area contributed by atoms with Gasteiger partial charge in [0.2, 0.25) is 18.2 Å². The normalized spacial score (nSPS) is 15.1. The molecular formula is C24H25F3N8O2. The van der Waals surface area contributed by atoms with E-state index in [-0.39, 0.29) is 17.9 Å². The Morgan fingerprint density at radius 3 is 2.68 bits per heavy atom. The number of likely N-dealkylation sites (tertiary alicyclic amines) is 1. The molecule has 1 aromatic carbocycles. The Morgan fingerprint density at radius 1 is 1.16 bits per heavy atom. The first-order valence-electron chi connectivity index (χ1n) is 11.3. The third kappa shape index (κ3) is 6.37. The Kier molecular flexibility index (Phi) is 7.60. The summed E-state index contributed by atoms with van der Waals surface area (Å²) >= 11 is 0. The lowest BCUT2D eigenvalue weighted by Crippen LogP contribution is -2.25. The lowest BCUT2D eigenvalue weighted by Gasteiger charge is -2.17. The Morgan fingerprint density at radius 2 is 1.97 bits per heavy atom. The first-order chi connectivity index (χ1) is 17.8. The molecule has 3 heterocycles. The van der Waals surface area contributed by atoms with Crippen LogP contribution in [-0.2, 0) is 11.0 Å². The minimum atomic E-state index is -4.68. The van der Waals surface area contributed by atoms with Crippen molar-refractivity contribution in [2.24, 2.45) is 0 Å². The number of alkyl halides is 3. The highest BCUT2D eigenvalue weighted by molar-refractivity contribution is 5.68. The number of benzene rings is 1. The molecule has 2 aromatic heterocycles. The molecule has 3 aromatic rings. The Bertz CT molecular complexity index is 1270. The van der Waals surface area contributed by atoms with E-state index in [1.54, 1.807) is 41.3 Å². The van der Waals surface area contributed by atoms with Crippen molar-refractivity contribution >= 4 is 41.1 Å². The summed E-state index contributed by atoms with van der Waals surface area (Å²) in [6.07, 6.45) is -0.916. The van der Waals surface area contributed by atoms with E-state index in [0.29, 0.717) is 42.2 Å². The summed E-state index contributed by atoms with van der Waals surface area (Å²) in [7, 11) is 1.42. The van der Waals surface area contributed by atoms with Gasteiger partial charge in [-0.05, 0) is 43.0 Å². The van der Waals surface area contributed by atoms with Gasteiger partial charge in [0.15, 0.2) is 0 Å². The number of nitrogens with one attached hydrogen (secondary N) is 4. The minimum Gasteiger partial charge on any atom is -0.479 e. The fourth-order valence-electron chi connectivity index (χ4n) is 3.79. The van der Waals surface area contributed by atoms with Crippen LogP contribution >= 0.6 is 0 Å². The van der Waals surface area contributed by atoms with Gasteiger partial charge in [-0.3, -0.25) is 4.79 Å². The number of amides is 1. The molecule has 1 fully saturated rings. The lowest BCUT2D eigenvalue weighted by atomic mass is 10.2. The average molecular weight is 515 g/mol. The second-order valence-electron chi connectivity index (χ2n) is 8.12. The van der Waals surface area contributed by atoms with Crippen LogP contribution in [0.25, 0.3) is 0 Å². The highest BCUT2D eigenvalue weighted by atomic mass is 19.4. The fourth-order valence-corrected chi connectivity index (χ4v) is 3.79. The highest BCUT2D eigenvalue weighted by Gasteiger charge is 2.35. The van der Waals surface area contributed by atoms with Crippen LogP contribution < -0.4 is 26.0 Å². The van der Waals surface area contributed by atoms with Gasteiger partial charge in [0.25, 0.3) is 0 Å². The topological polar surface area (TPSA) is 116 Å². The number of anilines is 6. The predicted molar refractivity (Wildman–Crippen MR) is 134 cm³/mol. The standard InChI is InChI=1S/C24H25F3N8O2/c1-3-28-15-5-4-6-16(11-15)31-21-18(24(25,26)27)12-29-23(34-21)32-19-7-8-20(33-22(19)37-2)30-17-9-10-35(13-17)14-36/h3-8,11-12,14,17,28H,1,9-10,13H2,2H3,(H,30,33)(H2,29,31,32,34).